The lowest BCUT2D eigenvalue weighted by Gasteiger charge is -2.15. The molecule has 0 atom stereocenters. The average Bonchev–Trinajstić information content (AvgIpc) is 2.28. The number of ether oxygens (including phenoxy) is 1. The first-order valence-electron chi connectivity index (χ1n) is 5.50. The van der Waals surface area contributed by atoms with Crippen LogP contribution in [0.25, 0.3) is 0 Å². The van der Waals surface area contributed by atoms with Crippen LogP contribution in [0.3, 0.4) is 0 Å². The maximum atomic E-state index is 11.8. The second-order valence-corrected chi connectivity index (χ2v) is 4.36. The van der Waals surface area contributed by atoms with Crippen molar-refractivity contribution in [3.8, 4) is 0 Å². The number of Topliss-reactive ketones (excluding diaryl/α,β-unsaturated/α-hetero) is 1. The minimum atomic E-state index is -1.37. The number of aliphatic hydroxyl groups is 2. The van der Waals surface area contributed by atoms with Gasteiger partial charge in [-0.2, -0.15) is 0 Å². The molecule has 0 saturated carbocycles. The Morgan fingerprint density at radius 2 is 2.12 bits per heavy atom. The molecule has 2 N–H and O–H groups in total. The Labute approximate surface area is 101 Å². The molecule has 1 aromatic carbocycles. The zero-order chi connectivity index (χ0) is 12.9. The molecule has 4 nitrogen and oxygen atoms in total. The van der Waals surface area contributed by atoms with Gasteiger partial charge >= 0.3 is 0 Å². The van der Waals surface area contributed by atoms with Crippen LogP contribution in [-0.4, -0.2) is 34.8 Å². The van der Waals surface area contributed by atoms with Gasteiger partial charge in [-0.3, -0.25) is 4.79 Å². The maximum Gasteiger partial charge on any atom is 0.193 e. The van der Waals surface area contributed by atoms with Crippen molar-refractivity contribution < 1.29 is 19.7 Å². The van der Waals surface area contributed by atoms with Gasteiger partial charge in [0.05, 0.1) is 19.8 Å². The van der Waals surface area contributed by atoms with Crippen molar-refractivity contribution in [1.82, 2.24) is 0 Å². The van der Waals surface area contributed by atoms with Gasteiger partial charge in [-0.25, -0.2) is 0 Å². The predicted molar refractivity (Wildman–Crippen MR) is 63.8 cm³/mol. The van der Waals surface area contributed by atoms with Crippen molar-refractivity contribution in [2.45, 2.75) is 26.1 Å². The maximum absolute atomic E-state index is 11.8. The normalized spacial score (nSPS) is 11.5. The fraction of sp³-hybridized carbons (Fsp3) is 0.462. The summed E-state index contributed by atoms with van der Waals surface area (Å²) in [5.74, 6) is -0.318. The third kappa shape index (κ3) is 4.26. The van der Waals surface area contributed by atoms with Gasteiger partial charge in [0.15, 0.2) is 5.78 Å². The van der Waals surface area contributed by atoms with E-state index in [0.29, 0.717) is 12.2 Å². The number of benzene rings is 1. The van der Waals surface area contributed by atoms with Gasteiger partial charge in [0.2, 0.25) is 0 Å². The molecule has 0 fully saturated rings. The van der Waals surface area contributed by atoms with E-state index < -0.39 is 5.60 Å². The molecule has 0 aromatic heterocycles. The van der Waals surface area contributed by atoms with Crippen LogP contribution >= 0.6 is 0 Å². The molecule has 4 heteroatoms. The molecule has 0 radical (unpaired) electrons. The minimum absolute atomic E-state index is 0.0255. The summed E-state index contributed by atoms with van der Waals surface area (Å²) >= 11 is 0. The molecular weight excluding hydrogens is 220 g/mol. The first-order chi connectivity index (χ1) is 7.95. The van der Waals surface area contributed by atoms with Crippen molar-refractivity contribution in [1.29, 1.82) is 0 Å². The van der Waals surface area contributed by atoms with Gasteiger partial charge < -0.3 is 14.9 Å². The van der Waals surface area contributed by atoms with Crippen molar-refractivity contribution in [3.63, 3.8) is 0 Å². The Morgan fingerprint density at radius 3 is 2.71 bits per heavy atom. The van der Waals surface area contributed by atoms with E-state index in [1.165, 1.54) is 13.8 Å². The van der Waals surface area contributed by atoms with Gasteiger partial charge in [0.25, 0.3) is 0 Å². The molecule has 0 bridgehead atoms. The summed E-state index contributed by atoms with van der Waals surface area (Å²) < 4.78 is 5.17. The molecule has 0 aliphatic heterocycles. The Hall–Kier alpha value is -1.23. The molecule has 0 aliphatic rings. The second kappa shape index (κ2) is 5.91. The summed E-state index contributed by atoms with van der Waals surface area (Å²) in [4.78, 5) is 11.8. The largest absolute Gasteiger partial charge is 0.394 e. The molecule has 1 rings (SSSR count). The highest BCUT2D eigenvalue weighted by Crippen LogP contribution is 2.14. The highest BCUT2D eigenvalue weighted by Gasteiger charge is 2.25. The molecule has 0 saturated heterocycles. The summed E-state index contributed by atoms with van der Waals surface area (Å²) in [6, 6.07) is 6.93. The number of ketones is 1. The SMILES string of the molecule is CC(C)(O)C(=O)c1cccc(COCCO)c1. The van der Waals surface area contributed by atoms with Crippen LogP contribution in [0, 0.1) is 0 Å². The number of hydrogen-bond acceptors (Lipinski definition) is 4. The van der Waals surface area contributed by atoms with Crippen LogP contribution in [0.4, 0.5) is 0 Å². The Kier molecular flexibility index (Phi) is 4.81. The van der Waals surface area contributed by atoms with E-state index >= 15 is 0 Å². The molecule has 0 unspecified atom stereocenters. The van der Waals surface area contributed by atoms with E-state index in [2.05, 4.69) is 0 Å². The van der Waals surface area contributed by atoms with Crippen LogP contribution < -0.4 is 0 Å². The summed E-state index contributed by atoms with van der Waals surface area (Å²) in [6.07, 6.45) is 0. The van der Waals surface area contributed by atoms with Crippen molar-refractivity contribution in [3.05, 3.63) is 35.4 Å². The lowest BCUT2D eigenvalue weighted by atomic mass is 9.96. The van der Waals surface area contributed by atoms with E-state index in [0.717, 1.165) is 5.56 Å². The van der Waals surface area contributed by atoms with Crippen molar-refractivity contribution in [2.75, 3.05) is 13.2 Å². The van der Waals surface area contributed by atoms with E-state index in [9.17, 15) is 9.90 Å². The molecule has 17 heavy (non-hydrogen) atoms. The number of hydrogen-bond donors (Lipinski definition) is 2. The third-order valence-electron chi connectivity index (χ3n) is 2.25. The van der Waals surface area contributed by atoms with Crippen molar-refractivity contribution >= 4 is 5.78 Å². The van der Waals surface area contributed by atoms with E-state index in [1.807, 2.05) is 6.07 Å². The Balaban J connectivity index is 2.75. The number of rotatable bonds is 6. The first kappa shape index (κ1) is 13.8. The Bertz CT molecular complexity index is 379. The van der Waals surface area contributed by atoms with Crippen LogP contribution in [0.2, 0.25) is 0 Å². The fourth-order valence-corrected chi connectivity index (χ4v) is 1.41. The van der Waals surface area contributed by atoms with Gasteiger partial charge in [-0.1, -0.05) is 18.2 Å². The van der Waals surface area contributed by atoms with Crippen LogP contribution in [0.15, 0.2) is 24.3 Å². The van der Waals surface area contributed by atoms with Gasteiger partial charge in [0.1, 0.15) is 5.60 Å². The zero-order valence-electron chi connectivity index (χ0n) is 10.1. The minimum Gasteiger partial charge on any atom is -0.394 e. The highest BCUT2D eigenvalue weighted by molar-refractivity contribution is 6.01. The molecule has 1 aromatic rings. The summed E-state index contributed by atoms with van der Waals surface area (Å²) in [6.45, 7) is 3.51. The summed E-state index contributed by atoms with van der Waals surface area (Å²) in [7, 11) is 0. The molecule has 0 spiro atoms. The van der Waals surface area contributed by atoms with Gasteiger partial charge in [-0.05, 0) is 25.5 Å². The predicted octanol–water partition coefficient (Wildman–Crippen LogP) is 1.15. The van der Waals surface area contributed by atoms with Crippen LogP contribution in [0.5, 0.6) is 0 Å². The number of carbonyl (C=O) groups is 1. The second-order valence-electron chi connectivity index (χ2n) is 4.36. The molecule has 0 aliphatic carbocycles. The third-order valence-corrected chi connectivity index (χ3v) is 2.25. The van der Waals surface area contributed by atoms with Crippen LogP contribution in [-0.2, 0) is 11.3 Å². The first-order valence-corrected chi connectivity index (χ1v) is 5.50. The Morgan fingerprint density at radius 1 is 1.41 bits per heavy atom. The number of aliphatic hydroxyl groups excluding tert-OH is 1. The van der Waals surface area contributed by atoms with Crippen molar-refractivity contribution in [2.24, 2.45) is 0 Å². The molecule has 0 amide bonds. The van der Waals surface area contributed by atoms with E-state index in [-0.39, 0.29) is 19.0 Å². The quantitative estimate of drug-likeness (QED) is 0.576. The topological polar surface area (TPSA) is 66.8 Å². The number of carbonyl (C=O) groups excluding carboxylic acids is 1. The summed E-state index contributed by atoms with van der Waals surface area (Å²) in [5, 5.41) is 18.2. The lowest BCUT2D eigenvalue weighted by molar-refractivity contribution is 0.0487. The van der Waals surface area contributed by atoms with E-state index in [1.54, 1.807) is 18.2 Å². The smallest absolute Gasteiger partial charge is 0.193 e. The zero-order valence-corrected chi connectivity index (χ0v) is 10.1. The van der Waals surface area contributed by atoms with Crippen LogP contribution in [0.1, 0.15) is 29.8 Å². The standard InChI is InChI=1S/C13H18O4/c1-13(2,16)12(15)11-5-3-4-10(8-11)9-17-7-6-14/h3-5,8,14,16H,6-7,9H2,1-2H3. The lowest BCUT2D eigenvalue weighted by Crippen LogP contribution is -2.31. The average molecular weight is 238 g/mol. The molecule has 94 valence electrons. The molecule has 0 heterocycles. The monoisotopic (exact) mass is 238 g/mol. The van der Waals surface area contributed by atoms with Gasteiger partial charge in [-0.15, -0.1) is 0 Å². The highest BCUT2D eigenvalue weighted by atomic mass is 16.5. The summed E-state index contributed by atoms with van der Waals surface area (Å²) in [5.41, 5.74) is -0.0685. The molecular formula is C13H18O4. The fourth-order valence-electron chi connectivity index (χ4n) is 1.41. The van der Waals surface area contributed by atoms with Gasteiger partial charge in [0, 0.05) is 5.56 Å². The van der Waals surface area contributed by atoms with E-state index in [4.69, 9.17) is 9.84 Å².